The number of amides is 4. The van der Waals surface area contributed by atoms with Crippen molar-refractivity contribution >= 4 is 46.5 Å². The number of alkyl carbamates (subject to hydrolysis) is 1. The normalized spacial score (nSPS) is 12.9. The molecule has 4 rings (SSSR count). The number of urea groups is 1. The van der Waals surface area contributed by atoms with Gasteiger partial charge in [-0.2, -0.15) is 0 Å². The summed E-state index contributed by atoms with van der Waals surface area (Å²) in [6.45, 7) is 8.20. The maximum atomic E-state index is 14.0. The Kier molecular flexibility index (Phi) is 14.5. The molecule has 3 unspecified atom stereocenters. The number of carbonyl (C=O) groups excluding carboxylic acids is 4. The van der Waals surface area contributed by atoms with E-state index in [1.807, 2.05) is 79.9 Å². The molecular formula is C37H46N6O5S2. The fourth-order valence-corrected chi connectivity index (χ4v) is 6.56. The van der Waals surface area contributed by atoms with Crippen molar-refractivity contribution in [2.24, 2.45) is 5.92 Å². The number of ketones is 1. The Balaban J connectivity index is 1.47. The molecular weight excluding hydrogens is 673 g/mol. The molecule has 0 aliphatic rings. The summed E-state index contributed by atoms with van der Waals surface area (Å²) in [5.41, 5.74) is 4.23. The maximum absolute atomic E-state index is 14.0. The van der Waals surface area contributed by atoms with Gasteiger partial charge >= 0.3 is 12.1 Å². The van der Waals surface area contributed by atoms with E-state index in [4.69, 9.17) is 4.74 Å². The van der Waals surface area contributed by atoms with Crippen molar-refractivity contribution in [3.63, 3.8) is 0 Å². The molecule has 0 aliphatic heterocycles. The zero-order valence-corrected chi connectivity index (χ0v) is 30.8. The fourth-order valence-electron chi connectivity index (χ4n) is 5.23. The van der Waals surface area contributed by atoms with Crippen LogP contribution in [-0.2, 0) is 40.3 Å². The number of nitrogens with zero attached hydrogens (tertiary/aromatic N) is 3. The number of hydrogen-bond donors (Lipinski definition) is 3. The molecule has 11 nitrogen and oxygen atoms in total. The van der Waals surface area contributed by atoms with Gasteiger partial charge in [-0.05, 0) is 29.9 Å². The van der Waals surface area contributed by atoms with Gasteiger partial charge in [-0.3, -0.25) is 14.6 Å². The number of thiazole rings is 2. The quantitative estimate of drug-likeness (QED) is 0.120. The van der Waals surface area contributed by atoms with Gasteiger partial charge in [0.15, 0.2) is 5.78 Å². The lowest BCUT2D eigenvalue weighted by Gasteiger charge is -2.28. The molecule has 266 valence electrons. The Labute approximate surface area is 301 Å². The van der Waals surface area contributed by atoms with Gasteiger partial charge in [0, 0.05) is 37.0 Å². The van der Waals surface area contributed by atoms with Crippen molar-refractivity contribution in [1.82, 2.24) is 30.8 Å². The van der Waals surface area contributed by atoms with Crippen LogP contribution in [0.1, 0.15) is 66.7 Å². The highest BCUT2D eigenvalue weighted by Crippen LogP contribution is 2.20. The van der Waals surface area contributed by atoms with E-state index in [9.17, 15) is 19.2 Å². The second-order valence-corrected chi connectivity index (χ2v) is 14.7. The van der Waals surface area contributed by atoms with Gasteiger partial charge in [0.2, 0.25) is 5.91 Å². The molecule has 4 amide bonds. The van der Waals surface area contributed by atoms with Crippen LogP contribution in [-0.4, -0.2) is 63.9 Å². The largest absolute Gasteiger partial charge is 0.444 e. The van der Waals surface area contributed by atoms with E-state index in [0.29, 0.717) is 18.9 Å². The SMILES string of the molecule is CC(C)c1nc(CN(C)C(=O)NC(C(=O)NC(CC(=O)C(Cc2ccccc2)NC(=O)OCc2cncs2)Cc2ccccc2)C(C)C)cs1. The van der Waals surface area contributed by atoms with Crippen LogP contribution in [0.3, 0.4) is 0 Å². The highest BCUT2D eigenvalue weighted by Gasteiger charge is 2.30. The van der Waals surface area contributed by atoms with Crippen LogP contribution in [0.4, 0.5) is 9.59 Å². The van der Waals surface area contributed by atoms with E-state index in [2.05, 4.69) is 39.8 Å². The van der Waals surface area contributed by atoms with Crippen molar-refractivity contribution in [2.45, 2.75) is 84.2 Å². The predicted octanol–water partition coefficient (Wildman–Crippen LogP) is 6.11. The van der Waals surface area contributed by atoms with Gasteiger partial charge < -0.3 is 25.6 Å². The Morgan fingerprint density at radius 2 is 1.52 bits per heavy atom. The lowest BCUT2D eigenvalue weighted by atomic mass is 9.94. The van der Waals surface area contributed by atoms with Crippen LogP contribution in [0.5, 0.6) is 0 Å². The minimum Gasteiger partial charge on any atom is -0.444 e. The first kappa shape index (κ1) is 38.2. The number of ether oxygens (including phenoxy) is 1. The third-order valence-corrected chi connectivity index (χ3v) is 9.90. The Morgan fingerprint density at radius 3 is 2.10 bits per heavy atom. The number of aromatic nitrogens is 2. The molecule has 0 aliphatic carbocycles. The lowest BCUT2D eigenvalue weighted by Crippen LogP contribution is -2.55. The second kappa shape index (κ2) is 19.0. The van der Waals surface area contributed by atoms with Gasteiger partial charge in [-0.15, -0.1) is 22.7 Å². The minimum absolute atomic E-state index is 0.0374. The van der Waals surface area contributed by atoms with E-state index in [1.165, 1.54) is 16.2 Å². The second-order valence-electron chi connectivity index (χ2n) is 12.9. The van der Waals surface area contributed by atoms with E-state index < -0.39 is 36.2 Å². The molecule has 50 heavy (non-hydrogen) atoms. The summed E-state index contributed by atoms with van der Waals surface area (Å²) in [6, 6.07) is 16.2. The zero-order chi connectivity index (χ0) is 36.0. The summed E-state index contributed by atoms with van der Waals surface area (Å²) in [5.74, 6) is -0.612. The zero-order valence-electron chi connectivity index (χ0n) is 29.1. The molecule has 0 radical (unpaired) electrons. The van der Waals surface area contributed by atoms with Gasteiger partial charge in [0.05, 0.1) is 33.7 Å². The molecule has 2 aromatic heterocycles. The average molecular weight is 719 g/mol. The number of rotatable bonds is 17. The van der Waals surface area contributed by atoms with Crippen molar-refractivity contribution < 1.29 is 23.9 Å². The number of Topliss-reactive ketones (excluding diaryl/α,β-unsaturated/α-hetero) is 1. The summed E-state index contributed by atoms with van der Waals surface area (Å²) >= 11 is 2.93. The molecule has 0 fully saturated rings. The summed E-state index contributed by atoms with van der Waals surface area (Å²) in [5, 5.41) is 11.6. The number of benzene rings is 2. The molecule has 3 N–H and O–H groups in total. The van der Waals surface area contributed by atoms with Crippen LogP contribution in [0.2, 0.25) is 0 Å². The van der Waals surface area contributed by atoms with Crippen LogP contribution < -0.4 is 16.0 Å². The highest BCUT2D eigenvalue weighted by molar-refractivity contribution is 7.09. The molecule has 13 heteroatoms. The van der Waals surface area contributed by atoms with Gasteiger partial charge in [-0.25, -0.2) is 14.6 Å². The van der Waals surface area contributed by atoms with Crippen LogP contribution >= 0.6 is 22.7 Å². The fraction of sp³-hybridized carbons (Fsp3) is 0.405. The standard InChI is InChI=1S/C37H46N6O5S2/c1-24(2)33(42-36(46)43(5)20-29-22-49-35(40-29)25(3)4)34(45)39-28(16-26-12-8-6-9-13-26)18-32(44)31(17-27-14-10-7-11-15-27)41-37(47)48-21-30-19-38-23-50-30/h6-15,19,22-25,28,31,33H,16-18,20-21H2,1-5H3,(H,39,45)(H,41,47)(H,42,46). The Bertz CT molecular complexity index is 1660. The average Bonchev–Trinajstić information content (AvgIpc) is 3.79. The van der Waals surface area contributed by atoms with E-state index in [1.54, 1.807) is 30.1 Å². The summed E-state index contributed by atoms with van der Waals surface area (Å²) < 4.78 is 5.38. The predicted molar refractivity (Wildman–Crippen MR) is 196 cm³/mol. The van der Waals surface area contributed by atoms with E-state index in [-0.39, 0.29) is 31.1 Å². The van der Waals surface area contributed by atoms with E-state index in [0.717, 1.165) is 26.7 Å². The molecule has 2 aromatic carbocycles. The van der Waals surface area contributed by atoms with Crippen molar-refractivity contribution in [2.75, 3.05) is 7.05 Å². The van der Waals surface area contributed by atoms with Crippen LogP contribution in [0, 0.1) is 5.92 Å². The number of carbonyl (C=O) groups is 4. The maximum Gasteiger partial charge on any atom is 0.408 e. The van der Waals surface area contributed by atoms with Gasteiger partial charge in [0.25, 0.3) is 0 Å². The van der Waals surface area contributed by atoms with Gasteiger partial charge in [0.1, 0.15) is 12.6 Å². The number of nitrogens with one attached hydrogen (secondary N) is 3. The molecule has 0 bridgehead atoms. The summed E-state index contributed by atoms with van der Waals surface area (Å²) in [4.78, 5) is 64.8. The topological polar surface area (TPSA) is 143 Å². The molecule has 3 atom stereocenters. The van der Waals surface area contributed by atoms with Crippen molar-refractivity contribution in [1.29, 1.82) is 0 Å². The van der Waals surface area contributed by atoms with E-state index >= 15 is 0 Å². The first-order valence-electron chi connectivity index (χ1n) is 16.7. The smallest absolute Gasteiger partial charge is 0.408 e. The third-order valence-electron chi connectivity index (χ3n) is 7.95. The molecule has 0 saturated heterocycles. The number of hydrogen-bond acceptors (Lipinski definition) is 9. The first-order valence-corrected chi connectivity index (χ1v) is 18.4. The van der Waals surface area contributed by atoms with Gasteiger partial charge in [-0.1, -0.05) is 88.4 Å². The molecule has 0 spiro atoms. The summed E-state index contributed by atoms with van der Waals surface area (Å²) in [6.07, 6.45) is 1.45. The Hall–Kier alpha value is -4.62. The van der Waals surface area contributed by atoms with Crippen LogP contribution in [0.25, 0.3) is 0 Å². The highest BCUT2D eigenvalue weighted by atomic mass is 32.1. The summed E-state index contributed by atoms with van der Waals surface area (Å²) in [7, 11) is 1.66. The third kappa shape index (κ3) is 12.1. The molecule has 2 heterocycles. The Morgan fingerprint density at radius 1 is 0.860 bits per heavy atom. The van der Waals surface area contributed by atoms with Crippen molar-refractivity contribution in [3.05, 3.63) is 104 Å². The van der Waals surface area contributed by atoms with Crippen molar-refractivity contribution in [3.8, 4) is 0 Å². The lowest BCUT2D eigenvalue weighted by molar-refractivity contribution is -0.125. The molecule has 0 saturated carbocycles. The monoisotopic (exact) mass is 718 g/mol. The molecule has 4 aromatic rings. The van der Waals surface area contributed by atoms with Crippen LogP contribution in [0.15, 0.2) is 77.8 Å². The minimum atomic E-state index is -0.905. The first-order chi connectivity index (χ1) is 24.0.